The molecule has 1 aromatic carbocycles. The van der Waals surface area contributed by atoms with E-state index in [-0.39, 0.29) is 34.2 Å². The van der Waals surface area contributed by atoms with Gasteiger partial charge in [-0.3, -0.25) is 9.59 Å². The highest BCUT2D eigenvalue weighted by Gasteiger charge is 2.26. The van der Waals surface area contributed by atoms with Crippen LogP contribution in [-0.2, 0) is 23.8 Å². The summed E-state index contributed by atoms with van der Waals surface area (Å²) in [5, 5.41) is 3.51. The fraction of sp³-hybridized carbons (Fsp3) is 0.208. The summed E-state index contributed by atoms with van der Waals surface area (Å²) < 4.78 is 14.9. The molecule has 0 aliphatic heterocycles. The molecule has 0 spiro atoms. The van der Waals surface area contributed by atoms with Crippen molar-refractivity contribution in [1.29, 1.82) is 0 Å². The molecule has 10 nitrogen and oxygen atoms in total. The van der Waals surface area contributed by atoms with E-state index in [1.54, 1.807) is 6.07 Å². The van der Waals surface area contributed by atoms with Gasteiger partial charge in [0.1, 0.15) is 11.6 Å². The van der Waals surface area contributed by atoms with Gasteiger partial charge in [-0.2, -0.15) is 0 Å². The summed E-state index contributed by atoms with van der Waals surface area (Å²) in [5.74, 6) is -2.97. The number of benzene rings is 1. The van der Waals surface area contributed by atoms with Gasteiger partial charge in [0, 0.05) is 18.6 Å². The maximum absolute atomic E-state index is 12.5. The number of hydrogen-bond donors (Lipinski definition) is 2. The fourth-order valence-electron chi connectivity index (χ4n) is 3.05. The van der Waals surface area contributed by atoms with Crippen LogP contribution in [0, 0.1) is 6.92 Å². The molecule has 3 aromatic rings. The molecule has 0 fully saturated rings. The van der Waals surface area contributed by atoms with E-state index in [0.717, 1.165) is 28.3 Å². The Bertz CT molecular complexity index is 1300. The Morgan fingerprint density at radius 3 is 2.60 bits per heavy atom. The van der Waals surface area contributed by atoms with Gasteiger partial charge in [-0.05, 0) is 30.7 Å². The molecule has 0 atom stereocenters. The number of nitrogens with one attached hydrogen (secondary N) is 1. The van der Waals surface area contributed by atoms with Crippen molar-refractivity contribution in [2.75, 3.05) is 32.2 Å². The number of hydrogen-bond acceptors (Lipinski definition) is 9. The molecule has 0 unspecified atom stereocenters. The van der Waals surface area contributed by atoms with Crippen LogP contribution in [-0.4, -0.2) is 55.7 Å². The maximum Gasteiger partial charge on any atom is 0.341 e. The highest BCUT2D eigenvalue weighted by molar-refractivity contribution is 7.18. The molecule has 35 heavy (non-hydrogen) atoms. The molecular formula is C24H23N3O7S. The number of rotatable bonds is 10. The van der Waals surface area contributed by atoms with Gasteiger partial charge in [0.2, 0.25) is 0 Å². The summed E-state index contributed by atoms with van der Waals surface area (Å²) in [7, 11) is 1.45. The SMILES string of the molecule is COCCOC(=O)c1c(NC(=O)COC(=O)/C=C/c2ccc3ccccc3n2)sc(C(N)=O)c1C. The highest BCUT2D eigenvalue weighted by atomic mass is 32.1. The number of fused-ring (bicyclic) bond motifs is 1. The van der Waals surface area contributed by atoms with Crippen LogP contribution < -0.4 is 11.1 Å². The molecule has 182 valence electrons. The van der Waals surface area contributed by atoms with Crippen LogP contribution in [0.1, 0.15) is 31.3 Å². The Hall–Kier alpha value is -4.09. The summed E-state index contributed by atoms with van der Waals surface area (Å²) in [6.07, 6.45) is 2.63. The average molecular weight is 498 g/mol. The van der Waals surface area contributed by atoms with E-state index in [9.17, 15) is 19.2 Å². The Balaban J connectivity index is 1.62. The minimum Gasteiger partial charge on any atom is -0.460 e. The van der Waals surface area contributed by atoms with Gasteiger partial charge in [0.25, 0.3) is 11.8 Å². The Labute approximate surface area is 204 Å². The Morgan fingerprint density at radius 2 is 1.86 bits per heavy atom. The van der Waals surface area contributed by atoms with E-state index in [4.69, 9.17) is 19.9 Å². The predicted molar refractivity (Wildman–Crippen MR) is 130 cm³/mol. The summed E-state index contributed by atoms with van der Waals surface area (Å²) in [6.45, 7) is 1.07. The number of carbonyl (C=O) groups is 4. The molecule has 0 aliphatic carbocycles. The molecule has 2 heterocycles. The first-order chi connectivity index (χ1) is 16.8. The molecule has 0 saturated heterocycles. The number of esters is 2. The van der Waals surface area contributed by atoms with Crippen molar-refractivity contribution in [3.8, 4) is 0 Å². The number of nitrogens with zero attached hydrogens (tertiary/aromatic N) is 1. The number of pyridine rings is 1. The zero-order valence-corrected chi connectivity index (χ0v) is 19.8. The lowest BCUT2D eigenvalue weighted by Crippen LogP contribution is -2.21. The first kappa shape index (κ1) is 25.5. The molecule has 0 bridgehead atoms. The third-order valence-electron chi connectivity index (χ3n) is 4.70. The minimum atomic E-state index is -0.755. The number of amides is 2. The second-order valence-corrected chi connectivity index (χ2v) is 8.19. The van der Waals surface area contributed by atoms with Gasteiger partial charge in [0.05, 0.1) is 28.3 Å². The van der Waals surface area contributed by atoms with Crippen molar-refractivity contribution in [2.45, 2.75) is 6.92 Å². The standard InChI is InChI=1S/C24H23N3O7S/c1-14-20(24(31)33-12-11-32-2)23(35-21(14)22(25)30)27-18(28)13-34-19(29)10-9-16-8-7-15-5-3-4-6-17(15)26-16/h3-10H,11-13H2,1-2H3,(H2,25,30)(H,27,28)/b10-9+. The number of anilines is 1. The quantitative estimate of drug-likeness (QED) is 0.247. The van der Waals surface area contributed by atoms with E-state index in [0.29, 0.717) is 5.69 Å². The second-order valence-electron chi connectivity index (χ2n) is 7.17. The molecule has 0 radical (unpaired) electrons. The Kier molecular flexibility index (Phi) is 8.65. The minimum absolute atomic E-state index is 0.00172. The normalized spacial score (nSPS) is 10.9. The van der Waals surface area contributed by atoms with Crippen LogP contribution in [0.5, 0.6) is 0 Å². The average Bonchev–Trinajstić information content (AvgIpc) is 3.17. The van der Waals surface area contributed by atoms with Crippen molar-refractivity contribution in [1.82, 2.24) is 4.98 Å². The molecule has 2 amide bonds. The number of ether oxygens (including phenoxy) is 3. The summed E-state index contributed by atoms with van der Waals surface area (Å²) in [5.41, 5.74) is 6.98. The van der Waals surface area contributed by atoms with Gasteiger partial charge in [-0.15, -0.1) is 11.3 Å². The van der Waals surface area contributed by atoms with Crippen LogP contribution in [0.25, 0.3) is 17.0 Å². The number of nitrogens with two attached hydrogens (primary N) is 1. The third-order valence-corrected chi connectivity index (χ3v) is 5.93. The number of primary amides is 1. The van der Waals surface area contributed by atoms with E-state index < -0.39 is 30.4 Å². The molecule has 0 aliphatic rings. The van der Waals surface area contributed by atoms with E-state index >= 15 is 0 Å². The molecule has 0 saturated carbocycles. The maximum atomic E-state index is 12.5. The number of carbonyl (C=O) groups excluding carboxylic acids is 4. The first-order valence-electron chi connectivity index (χ1n) is 10.4. The zero-order valence-electron chi connectivity index (χ0n) is 19.0. The number of thiophene rings is 1. The van der Waals surface area contributed by atoms with Crippen molar-refractivity contribution < 1.29 is 33.4 Å². The van der Waals surface area contributed by atoms with Gasteiger partial charge < -0.3 is 25.3 Å². The summed E-state index contributed by atoms with van der Waals surface area (Å²) >= 11 is 0.831. The van der Waals surface area contributed by atoms with Crippen molar-refractivity contribution >= 4 is 57.1 Å². The number of para-hydroxylation sites is 1. The largest absolute Gasteiger partial charge is 0.460 e. The lowest BCUT2D eigenvalue weighted by molar-refractivity contribution is -0.142. The van der Waals surface area contributed by atoms with Crippen LogP contribution in [0.15, 0.2) is 42.5 Å². The third kappa shape index (κ3) is 6.71. The summed E-state index contributed by atoms with van der Waals surface area (Å²) in [4.78, 5) is 53.1. The van der Waals surface area contributed by atoms with E-state index in [2.05, 4.69) is 10.3 Å². The van der Waals surface area contributed by atoms with Gasteiger partial charge in [-0.1, -0.05) is 24.3 Å². The monoisotopic (exact) mass is 497 g/mol. The van der Waals surface area contributed by atoms with Gasteiger partial charge in [-0.25, -0.2) is 14.6 Å². The van der Waals surface area contributed by atoms with Crippen molar-refractivity contribution in [3.05, 3.63) is 64.2 Å². The lowest BCUT2D eigenvalue weighted by Gasteiger charge is -2.08. The molecule has 3 N–H and O–H groups in total. The molecular weight excluding hydrogens is 474 g/mol. The van der Waals surface area contributed by atoms with E-state index in [1.807, 2.05) is 30.3 Å². The second kappa shape index (κ2) is 11.9. The van der Waals surface area contributed by atoms with Gasteiger partial charge in [0.15, 0.2) is 6.61 Å². The van der Waals surface area contributed by atoms with Crippen LogP contribution in [0.2, 0.25) is 0 Å². The summed E-state index contributed by atoms with van der Waals surface area (Å²) in [6, 6.07) is 11.2. The van der Waals surface area contributed by atoms with Crippen molar-refractivity contribution in [2.24, 2.45) is 5.73 Å². The fourth-order valence-corrected chi connectivity index (χ4v) is 4.11. The predicted octanol–water partition coefficient (Wildman–Crippen LogP) is 2.70. The number of methoxy groups -OCH3 is 1. The van der Waals surface area contributed by atoms with Gasteiger partial charge >= 0.3 is 11.9 Å². The molecule has 3 rings (SSSR count). The lowest BCUT2D eigenvalue weighted by atomic mass is 10.1. The molecule has 11 heteroatoms. The van der Waals surface area contributed by atoms with Crippen LogP contribution in [0.3, 0.4) is 0 Å². The van der Waals surface area contributed by atoms with Crippen LogP contribution >= 0.6 is 11.3 Å². The van der Waals surface area contributed by atoms with Crippen molar-refractivity contribution in [3.63, 3.8) is 0 Å². The topological polar surface area (TPSA) is 147 Å². The van der Waals surface area contributed by atoms with Crippen LogP contribution in [0.4, 0.5) is 5.00 Å². The van der Waals surface area contributed by atoms with E-state index in [1.165, 1.54) is 20.1 Å². The Morgan fingerprint density at radius 1 is 1.09 bits per heavy atom. The smallest absolute Gasteiger partial charge is 0.341 e. The zero-order chi connectivity index (χ0) is 25.4. The first-order valence-corrected chi connectivity index (χ1v) is 11.2. The highest BCUT2D eigenvalue weighted by Crippen LogP contribution is 2.33. The number of aromatic nitrogens is 1. The molecule has 2 aromatic heterocycles.